The monoisotopic (exact) mass is 444 g/mol. The molecule has 0 unspecified atom stereocenters. The van der Waals surface area contributed by atoms with Crippen LogP contribution in [-0.4, -0.2) is 45.6 Å². The van der Waals surface area contributed by atoms with E-state index in [0.717, 1.165) is 18.4 Å². The number of carbonyl (C=O) groups is 1. The molecule has 0 saturated heterocycles. The fraction of sp³-hybridized carbons (Fsp3) is 0.417. The van der Waals surface area contributed by atoms with Gasteiger partial charge in [-0.05, 0) is 56.4 Å². The lowest BCUT2D eigenvalue weighted by Gasteiger charge is -2.38. The second-order valence-corrected chi connectivity index (χ2v) is 8.28. The maximum absolute atomic E-state index is 13.8. The third kappa shape index (κ3) is 4.80. The van der Waals surface area contributed by atoms with Crippen molar-refractivity contribution >= 4 is 16.9 Å². The summed E-state index contributed by atoms with van der Waals surface area (Å²) >= 11 is 0. The van der Waals surface area contributed by atoms with Gasteiger partial charge in [0.1, 0.15) is 11.7 Å². The molecule has 0 aliphatic heterocycles. The Labute approximate surface area is 185 Å². The Balaban J connectivity index is 1.49. The van der Waals surface area contributed by atoms with E-state index in [1.54, 1.807) is 41.4 Å². The first-order valence-electron chi connectivity index (χ1n) is 11.0. The van der Waals surface area contributed by atoms with Crippen LogP contribution in [0.15, 0.2) is 54.7 Å². The van der Waals surface area contributed by atoms with E-state index in [9.17, 15) is 18.0 Å². The fourth-order valence-corrected chi connectivity index (χ4v) is 4.65. The zero-order chi connectivity index (χ0) is 22.7. The predicted octanol–water partition coefficient (Wildman–Crippen LogP) is 5.23. The molecule has 1 saturated carbocycles. The quantitative estimate of drug-likeness (QED) is 0.547. The number of pyridine rings is 1. The fourth-order valence-electron chi connectivity index (χ4n) is 4.65. The number of hydrogen-bond acceptors (Lipinski definition) is 3. The molecule has 1 aliphatic rings. The van der Waals surface area contributed by atoms with Crippen LogP contribution in [0.1, 0.15) is 54.7 Å². The van der Waals surface area contributed by atoms with Crippen LogP contribution in [0.2, 0.25) is 0 Å². The van der Waals surface area contributed by atoms with E-state index in [-0.39, 0.29) is 23.6 Å². The Morgan fingerprint density at radius 3 is 2.69 bits per heavy atom. The summed E-state index contributed by atoms with van der Waals surface area (Å²) in [4.78, 5) is 22.4. The lowest BCUT2D eigenvalue weighted by atomic mass is 9.88. The number of alkyl halides is 3. The Morgan fingerprint density at radius 1 is 1.22 bits per heavy atom. The van der Waals surface area contributed by atoms with E-state index in [1.165, 1.54) is 12.1 Å². The van der Waals surface area contributed by atoms with Crippen LogP contribution in [-0.2, 0) is 0 Å². The Kier molecular flexibility index (Phi) is 6.50. The third-order valence-corrected chi connectivity index (χ3v) is 6.17. The predicted molar refractivity (Wildman–Crippen MR) is 117 cm³/mol. The van der Waals surface area contributed by atoms with Crippen molar-refractivity contribution in [1.82, 2.24) is 20.2 Å². The molecule has 2 aromatic heterocycles. The maximum Gasteiger partial charge on any atom is 0.407 e. The number of hydrogen-bond donors (Lipinski definition) is 2. The second-order valence-electron chi connectivity index (χ2n) is 8.28. The van der Waals surface area contributed by atoms with Gasteiger partial charge in [-0.15, -0.1) is 0 Å². The summed E-state index contributed by atoms with van der Waals surface area (Å²) in [5.74, 6) is -0.147. The van der Waals surface area contributed by atoms with Gasteiger partial charge in [0.25, 0.3) is 5.91 Å². The molecule has 3 atom stereocenters. The molecular weight excluding hydrogens is 417 g/mol. The summed E-state index contributed by atoms with van der Waals surface area (Å²) in [6.07, 6.45) is -0.0530. The molecule has 1 aliphatic carbocycles. The van der Waals surface area contributed by atoms with Crippen molar-refractivity contribution in [1.29, 1.82) is 0 Å². The molecule has 8 heteroatoms. The van der Waals surface area contributed by atoms with Crippen LogP contribution in [0.3, 0.4) is 0 Å². The van der Waals surface area contributed by atoms with Crippen molar-refractivity contribution in [2.45, 2.75) is 56.9 Å². The number of aromatic nitrogens is 2. The van der Waals surface area contributed by atoms with Crippen LogP contribution in [0.5, 0.6) is 0 Å². The summed E-state index contributed by atoms with van der Waals surface area (Å²) in [5, 5.41) is 2.84. The molecule has 3 aromatic rings. The molecular formula is C24H27F3N4O. The minimum atomic E-state index is -4.40. The zero-order valence-corrected chi connectivity index (χ0v) is 17.9. The number of carbonyl (C=O) groups excluding carboxylic acids is 1. The van der Waals surface area contributed by atoms with Gasteiger partial charge >= 0.3 is 6.18 Å². The van der Waals surface area contributed by atoms with Gasteiger partial charge < -0.3 is 9.88 Å². The molecule has 2 heterocycles. The molecule has 1 aromatic carbocycles. The summed E-state index contributed by atoms with van der Waals surface area (Å²) in [7, 11) is 0. The van der Waals surface area contributed by atoms with Gasteiger partial charge in [-0.3, -0.25) is 15.1 Å². The highest BCUT2D eigenvalue weighted by Crippen LogP contribution is 2.35. The maximum atomic E-state index is 13.8. The van der Waals surface area contributed by atoms with E-state index >= 15 is 0 Å². The number of aromatic amines is 1. The topological polar surface area (TPSA) is 61.0 Å². The smallest absolute Gasteiger partial charge is 0.349 e. The normalized spacial score (nSPS) is 20.2. The van der Waals surface area contributed by atoms with Crippen LogP contribution < -0.4 is 5.32 Å². The molecule has 32 heavy (non-hydrogen) atoms. The van der Waals surface area contributed by atoms with E-state index < -0.39 is 12.2 Å². The third-order valence-electron chi connectivity index (χ3n) is 6.17. The lowest BCUT2D eigenvalue weighted by molar-refractivity contribution is -0.160. The molecule has 4 rings (SSSR count). The Hall–Kier alpha value is -2.87. The average Bonchev–Trinajstić information content (AvgIpc) is 3.22. The number of nitrogens with one attached hydrogen (secondary N) is 2. The molecule has 1 amide bonds. The Bertz CT molecular complexity index is 1020. The minimum Gasteiger partial charge on any atom is -0.349 e. The highest BCUT2D eigenvalue weighted by Gasteiger charge is 2.42. The van der Waals surface area contributed by atoms with E-state index in [4.69, 9.17) is 0 Å². The van der Waals surface area contributed by atoms with Crippen molar-refractivity contribution in [2.24, 2.45) is 0 Å². The van der Waals surface area contributed by atoms with E-state index in [1.807, 2.05) is 13.0 Å². The number of benzene rings is 1. The number of rotatable bonds is 6. The molecule has 5 nitrogen and oxygen atoms in total. The molecule has 170 valence electrons. The van der Waals surface area contributed by atoms with Crippen LogP contribution in [0.25, 0.3) is 11.0 Å². The van der Waals surface area contributed by atoms with Crippen molar-refractivity contribution < 1.29 is 18.0 Å². The molecule has 0 bridgehead atoms. The highest BCUT2D eigenvalue weighted by molar-refractivity contribution is 5.97. The average molecular weight is 445 g/mol. The van der Waals surface area contributed by atoms with Gasteiger partial charge in [0.2, 0.25) is 0 Å². The van der Waals surface area contributed by atoms with Gasteiger partial charge in [0.15, 0.2) is 0 Å². The van der Waals surface area contributed by atoms with Gasteiger partial charge in [-0.25, -0.2) is 0 Å². The SMILES string of the molecule is CCN(C(=O)c1cc2ncccc2[nH]1)[C@H]1CCC[C@@H](N[C@@H](c2ccccc2)C(F)(F)F)C1. The largest absolute Gasteiger partial charge is 0.407 e. The second kappa shape index (κ2) is 9.32. The van der Waals surface area contributed by atoms with Crippen molar-refractivity contribution in [3.8, 4) is 0 Å². The van der Waals surface area contributed by atoms with Crippen molar-refractivity contribution in [3.05, 3.63) is 66.0 Å². The zero-order valence-electron chi connectivity index (χ0n) is 17.9. The standard InChI is InChI=1S/C24H27F3N4O/c1-2-31(23(32)21-15-20-19(30-21)12-7-13-28-20)18-11-6-10-17(14-18)29-22(24(25,26)27)16-8-4-3-5-9-16/h3-5,7-9,12-13,15,17-18,22,29-30H,2,6,10-11,14H2,1H3/t17-,18+,22+/m1/s1. The van der Waals surface area contributed by atoms with Gasteiger partial charge in [0, 0.05) is 24.8 Å². The molecule has 0 spiro atoms. The van der Waals surface area contributed by atoms with Crippen LogP contribution in [0, 0.1) is 0 Å². The van der Waals surface area contributed by atoms with E-state index in [2.05, 4.69) is 15.3 Å². The first-order chi connectivity index (χ1) is 15.4. The summed E-state index contributed by atoms with van der Waals surface area (Å²) in [6, 6.07) is 11.1. The highest BCUT2D eigenvalue weighted by atomic mass is 19.4. The molecule has 1 fully saturated rings. The number of halogens is 3. The number of amides is 1. The van der Waals surface area contributed by atoms with Gasteiger partial charge in [0.05, 0.1) is 11.0 Å². The lowest BCUT2D eigenvalue weighted by Crippen LogP contribution is -2.49. The van der Waals surface area contributed by atoms with Crippen LogP contribution >= 0.6 is 0 Å². The van der Waals surface area contributed by atoms with Crippen molar-refractivity contribution in [2.75, 3.05) is 6.54 Å². The van der Waals surface area contributed by atoms with E-state index in [0.29, 0.717) is 30.6 Å². The summed E-state index contributed by atoms with van der Waals surface area (Å²) < 4.78 is 41.4. The first-order valence-corrected chi connectivity index (χ1v) is 11.0. The number of H-pyrrole nitrogens is 1. The minimum absolute atomic E-state index is 0.122. The Morgan fingerprint density at radius 2 is 2.00 bits per heavy atom. The molecule has 2 N–H and O–H groups in total. The summed E-state index contributed by atoms with van der Waals surface area (Å²) in [5.41, 5.74) is 2.15. The first kappa shape index (κ1) is 22.3. The van der Waals surface area contributed by atoms with Crippen LogP contribution in [0.4, 0.5) is 13.2 Å². The van der Waals surface area contributed by atoms with Gasteiger partial charge in [-0.1, -0.05) is 30.3 Å². The van der Waals surface area contributed by atoms with Crippen molar-refractivity contribution in [3.63, 3.8) is 0 Å². The molecule has 0 radical (unpaired) electrons. The number of fused-ring (bicyclic) bond motifs is 1. The number of nitrogens with zero attached hydrogens (tertiary/aromatic N) is 2. The van der Waals surface area contributed by atoms with Gasteiger partial charge in [-0.2, -0.15) is 13.2 Å². The summed E-state index contributed by atoms with van der Waals surface area (Å²) in [6.45, 7) is 2.39.